The number of rotatable bonds is 5. The van der Waals surface area contributed by atoms with Crippen molar-refractivity contribution in [1.82, 2.24) is 9.47 Å². The number of hydrogen-bond donors (Lipinski definition) is 2. The molecule has 3 rings (SSSR count). The predicted molar refractivity (Wildman–Crippen MR) is 98.9 cm³/mol. The Morgan fingerprint density at radius 1 is 1.44 bits per heavy atom. The number of aryl methyl sites for hydroxylation is 1. The van der Waals surface area contributed by atoms with Crippen LogP contribution in [-0.2, 0) is 11.3 Å². The summed E-state index contributed by atoms with van der Waals surface area (Å²) in [4.78, 5) is 14.5. The molecular weight excluding hydrogens is 318 g/mol. The van der Waals surface area contributed by atoms with Gasteiger partial charge in [-0.1, -0.05) is 13.0 Å². The lowest BCUT2D eigenvalue weighted by molar-refractivity contribution is -0.00160. The van der Waals surface area contributed by atoms with Crippen LogP contribution in [-0.4, -0.2) is 52.5 Å². The number of aliphatic hydroxyl groups excluding tert-OH is 1. The number of nitrogens with one attached hydrogen (secondary N) is 1. The highest BCUT2D eigenvalue weighted by Gasteiger charge is 2.28. The number of morpholine rings is 1. The molecule has 1 aromatic heterocycles. The maximum absolute atomic E-state index is 12.7. The summed E-state index contributed by atoms with van der Waals surface area (Å²) in [5, 5.41) is 13.8. The summed E-state index contributed by atoms with van der Waals surface area (Å²) < 4.78 is 7.67. The Labute approximate surface area is 148 Å². The zero-order valence-electron chi connectivity index (χ0n) is 14.9. The molecule has 1 fully saturated rings. The first kappa shape index (κ1) is 17.8. The highest BCUT2D eigenvalue weighted by Crippen LogP contribution is 2.22. The summed E-state index contributed by atoms with van der Waals surface area (Å²) in [7, 11) is 0. The number of fused-ring (bicyclic) bond motifs is 1. The number of carbonyl (C=O) groups excluding carboxylic acids is 1. The molecule has 0 aliphatic carbocycles. The van der Waals surface area contributed by atoms with Crippen LogP contribution in [0.25, 0.3) is 10.9 Å². The minimum Gasteiger partial charge on any atom is -0.393 e. The van der Waals surface area contributed by atoms with Gasteiger partial charge in [0.05, 0.1) is 30.9 Å². The van der Waals surface area contributed by atoms with E-state index >= 15 is 0 Å². The molecular formula is C19H27N3O3. The largest absolute Gasteiger partial charge is 0.393 e. The molecule has 1 aliphatic rings. The summed E-state index contributed by atoms with van der Waals surface area (Å²) in [6, 6.07) is 7.84. The van der Waals surface area contributed by atoms with Crippen LogP contribution >= 0.6 is 0 Å². The van der Waals surface area contributed by atoms with Crippen LogP contribution in [0.4, 0.5) is 10.5 Å². The molecule has 2 heterocycles. The Kier molecular flexibility index (Phi) is 5.60. The van der Waals surface area contributed by atoms with Crippen molar-refractivity contribution in [3.63, 3.8) is 0 Å². The fourth-order valence-corrected chi connectivity index (χ4v) is 3.40. The first-order valence-corrected chi connectivity index (χ1v) is 9.00. The van der Waals surface area contributed by atoms with E-state index in [-0.39, 0.29) is 12.1 Å². The van der Waals surface area contributed by atoms with E-state index in [1.807, 2.05) is 18.2 Å². The number of anilines is 1. The SMILES string of the molecule is CCCn1ccc2ccc(NC(=O)N3CCOC[C@H]3C[C@H](C)O)cc21. The van der Waals surface area contributed by atoms with Gasteiger partial charge in [0.2, 0.25) is 0 Å². The minimum atomic E-state index is -0.462. The highest BCUT2D eigenvalue weighted by atomic mass is 16.5. The summed E-state index contributed by atoms with van der Waals surface area (Å²) >= 11 is 0. The Morgan fingerprint density at radius 3 is 3.04 bits per heavy atom. The number of hydrogen-bond acceptors (Lipinski definition) is 3. The van der Waals surface area contributed by atoms with Crippen LogP contribution < -0.4 is 5.32 Å². The first-order chi connectivity index (χ1) is 12.1. The molecule has 6 nitrogen and oxygen atoms in total. The van der Waals surface area contributed by atoms with Crippen molar-refractivity contribution in [2.24, 2.45) is 0 Å². The van der Waals surface area contributed by atoms with Crippen LogP contribution in [0, 0.1) is 0 Å². The van der Waals surface area contributed by atoms with Gasteiger partial charge in [0, 0.05) is 25.0 Å². The lowest BCUT2D eigenvalue weighted by Gasteiger charge is -2.36. The number of nitrogens with zero attached hydrogens (tertiary/aromatic N) is 2. The molecule has 1 saturated heterocycles. The number of amides is 2. The second kappa shape index (κ2) is 7.89. The van der Waals surface area contributed by atoms with Crippen molar-refractivity contribution in [2.45, 2.75) is 45.4 Å². The van der Waals surface area contributed by atoms with Crippen molar-refractivity contribution in [3.05, 3.63) is 30.5 Å². The monoisotopic (exact) mass is 345 g/mol. The standard InChI is InChI=1S/C19H27N3O3/c1-3-7-21-8-6-15-4-5-16(12-18(15)21)20-19(24)22-9-10-25-13-17(22)11-14(2)23/h4-6,8,12,14,17,23H,3,7,9-11,13H2,1-2H3,(H,20,24)/t14-,17+/m0/s1. The Balaban J connectivity index is 1.75. The predicted octanol–water partition coefficient (Wildman–Crippen LogP) is 3.05. The van der Waals surface area contributed by atoms with Crippen molar-refractivity contribution in [1.29, 1.82) is 0 Å². The molecule has 0 saturated carbocycles. The molecule has 1 aromatic carbocycles. The van der Waals surface area contributed by atoms with Gasteiger partial charge in [-0.25, -0.2) is 4.79 Å². The first-order valence-electron chi connectivity index (χ1n) is 9.00. The molecule has 0 bridgehead atoms. The third-order valence-corrected chi connectivity index (χ3v) is 4.59. The van der Waals surface area contributed by atoms with E-state index in [0.717, 1.165) is 24.2 Å². The van der Waals surface area contributed by atoms with Crippen molar-refractivity contribution >= 4 is 22.6 Å². The van der Waals surface area contributed by atoms with Gasteiger partial charge in [0.25, 0.3) is 0 Å². The van der Waals surface area contributed by atoms with Gasteiger partial charge in [-0.15, -0.1) is 0 Å². The van der Waals surface area contributed by atoms with Crippen molar-refractivity contribution < 1.29 is 14.6 Å². The Hall–Kier alpha value is -2.05. The number of urea groups is 1. The second-order valence-corrected chi connectivity index (χ2v) is 6.72. The quantitative estimate of drug-likeness (QED) is 0.875. The van der Waals surface area contributed by atoms with E-state index in [1.165, 1.54) is 5.39 Å². The minimum absolute atomic E-state index is 0.0959. The van der Waals surface area contributed by atoms with Gasteiger partial charge < -0.3 is 24.6 Å². The third-order valence-electron chi connectivity index (χ3n) is 4.59. The number of carbonyl (C=O) groups is 1. The topological polar surface area (TPSA) is 66.7 Å². The van der Waals surface area contributed by atoms with Crippen LogP contribution in [0.1, 0.15) is 26.7 Å². The van der Waals surface area contributed by atoms with E-state index in [0.29, 0.717) is 26.2 Å². The Morgan fingerprint density at radius 2 is 2.28 bits per heavy atom. The van der Waals surface area contributed by atoms with Gasteiger partial charge in [-0.3, -0.25) is 0 Å². The van der Waals surface area contributed by atoms with Crippen LogP contribution in [0.5, 0.6) is 0 Å². The Bertz CT molecular complexity index is 726. The average molecular weight is 345 g/mol. The zero-order valence-corrected chi connectivity index (χ0v) is 14.9. The molecule has 25 heavy (non-hydrogen) atoms. The zero-order chi connectivity index (χ0) is 17.8. The third kappa shape index (κ3) is 4.14. The molecule has 0 unspecified atom stereocenters. The fourth-order valence-electron chi connectivity index (χ4n) is 3.40. The number of ether oxygens (including phenoxy) is 1. The maximum Gasteiger partial charge on any atom is 0.322 e. The van der Waals surface area contributed by atoms with Crippen LogP contribution in [0.2, 0.25) is 0 Å². The van der Waals surface area contributed by atoms with Gasteiger partial charge in [0.15, 0.2) is 0 Å². The van der Waals surface area contributed by atoms with Crippen LogP contribution in [0.15, 0.2) is 30.5 Å². The molecule has 2 atom stereocenters. The van der Waals surface area contributed by atoms with Gasteiger partial charge in [0.1, 0.15) is 0 Å². The van der Waals surface area contributed by atoms with E-state index in [2.05, 4.69) is 29.1 Å². The fraction of sp³-hybridized carbons (Fsp3) is 0.526. The molecule has 0 radical (unpaired) electrons. The van der Waals surface area contributed by atoms with Crippen LogP contribution in [0.3, 0.4) is 0 Å². The van der Waals surface area contributed by atoms with E-state index in [1.54, 1.807) is 11.8 Å². The summed E-state index contributed by atoms with van der Waals surface area (Å²) in [6.45, 7) is 6.38. The van der Waals surface area contributed by atoms with Gasteiger partial charge in [-0.05, 0) is 43.4 Å². The van der Waals surface area contributed by atoms with Gasteiger partial charge in [-0.2, -0.15) is 0 Å². The smallest absolute Gasteiger partial charge is 0.322 e. The lowest BCUT2D eigenvalue weighted by atomic mass is 10.1. The lowest BCUT2D eigenvalue weighted by Crippen LogP contribution is -2.51. The summed E-state index contributed by atoms with van der Waals surface area (Å²) in [5.41, 5.74) is 1.91. The molecule has 1 aliphatic heterocycles. The second-order valence-electron chi connectivity index (χ2n) is 6.72. The summed E-state index contributed by atoms with van der Waals surface area (Å²) in [5.74, 6) is 0. The van der Waals surface area contributed by atoms with E-state index < -0.39 is 6.10 Å². The number of benzene rings is 1. The molecule has 2 amide bonds. The van der Waals surface area contributed by atoms with Crippen molar-refractivity contribution in [2.75, 3.05) is 25.1 Å². The van der Waals surface area contributed by atoms with E-state index in [9.17, 15) is 9.90 Å². The molecule has 6 heteroatoms. The number of aromatic nitrogens is 1. The van der Waals surface area contributed by atoms with Gasteiger partial charge >= 0.3 is 6.03 Å². The average Bonchev–Trinajstić information content (AvgIpc) is 2.97. The summed E-state index contributed by atoms with van der Waals surface area (Å²) in [6.07, 6.45) is 3.21. The molecule has 136 valence electrons. The molecule has 2 N–H and O–H groups in total. The highest BCUT2D eigenvalue weighted by molar-refractivity contribution is 5.93. The number of aliphatic hydroxyl groups is 1. The van der Waals surface area contributed by atoms with Crippen molar-refractivity contribution in [3.8, 4) is 0 Å². The molecule has 2 aromatic rings. The molecule has 0 spiro atoms. The normalized spacial score (nSPS) is 19.2. The maximum atomic E-state index is 12.7. The van der Waals surface area contributed by atoms with E-state index in [4.69, 9.17) is 4.74 Å².